The number of thioether (sulfide) groups is 1. The lowest BCUT2D eigenvalue weighted by Gasteiger charge is -2.30. The van der Waals surface area contributed by atoms with Crippen molar-refractivity contribution >= 4 is 23.5 Å². The highest BCUT2D eigenvalue weighted by Gasteiger charge is 2.27. The maximum Gasteiger partial charge on any atom is 0.322 e. The second-order valence-corrected chi connectivity index (χ2v) is 9.67. The van der Waals surface area contributed by atoms with Gasteiger partial charge in [0.15, 0.2) is 5.82 Å². The molecule has 36 heavy (non-hydrogen) atoms. The minimum atomic E-state index is -0.114. The van der Waals surface area contributed by atoms with Gasteiger partial charge >= 0.3 is 6.03 Å². The normalized spacial score (nSPS) is 12.8. The molecule has 8 heteroatoms. The van der Waals surface area contributed by atoms with E-state index in [1.807, 2.05) is 35.4 Å². The molecule has 0 unspecified atom stereocenters. The van der Waals surface area contributed by atoms with Crippen molar-refractivity contribution in [2.24, 2.45) is 0 Å². The smallest absolute Gasteiger partial charge is 0.320 e. The summed E-state index contributed by atoms with van der Waals surface area (Å²) in [5, 5.41) is 3.12. The van der Waals surface area contributed by atoms with Crippen molar-refractivity contribution in [3.8, 4) is 22.6 Å². The van der Waals surface area contributed by atoms with Gasteiger partial charge < -0.3 is 10.2 Å². The summed E-state index contributed by atoms with van der Waals surface area (Å²) in [6.07, 6.45) is 8.57. The predicted molar refractivity (Wildman–Crippen MR) is 144 cm³/mol. The largest absolute Gasteiger partial charge is 0.322 e. The van der Waals surface area contributed by atoms with E-state index >= 15 is 0 Å². The van der Waals surface area contributed by atoms with Crippen LogP contribution in [-0.4, -0.2) is 43.7 Å². The molecule has 4 aromatic rings. The number of aromatic nitrogens is 4. The quantitative estimate of drug-likeness (QED) is 0.353. The summed E-state index contributed by atoms with van der Waals surface area (Å²) in [5.74, 6) is 0.603. The van der Waals surface area contributed by atoms with Crippen molar-refractivity contribution in [2.75, 3.05) is 18.1 Å². The number of hydrogen-bond acceptors (Lipinski definition) is 6. The lowest BCUT2D eigenvalue weighted by Crippen LogP contribution is -2.39. The minimum absolute atomic E-state index is 0.114. The molecule has 3 heterocycles. The lowest BCUT2D eigenvalue weighted by molar-refractivity contribution is 0.206. The molecule has 2 aromatic carbocycles. The van der Waals surface area contributed by atoms with Crippen LogP contribution in [0.3, 0.4) is 0 Å². The Morgan fingerprint density at radius 3 is 2.67 bits per heavy atom. The van der Waals surface area contributed by atoms with Crippen LogP contribution in [0.1, 0.15) is 29.3 Å². The number of urea groups is 1. The fourth-order valence-corrected chi connectivity index (χ4v) is 4.96. The van der Waals surface area contributed by atoms with Crippen LogP contribution in [0.15, 0.2) is 66.1 Å². The molecule has 1 N–H and O–H groups in total. The molecule has 0 bridgehead atoms. The van der Waals surface area contributed by atoms with Gasteiger partial charge in [-0.15, -0.1) is 11.8 Å². The SMILES string of the molecule is CCc1cc(NC(=O)N2CCc3nc(-c4cncnc4)nc(-c4ccccc4C)c3C2)cc(SC)c1. The zero-order valence-corrected chi connectivity index (χ0v) is 21.5. The van der Waals surface area contributed by atoms with Crippen molar-refractivity contribution in [1.82, 2.24) is 24.8 Å². The lowest BCUT2D eigenvalue weighted by atomic mass is 9.96. The van der Waals surface area contributed by atoms with Crippen molar-refractivity contribution in [1.29, 1.82) is 0 Å². The molecule has 0 atom stereocenters. The van der Waals surface area contributed by atoms with E-state index in [4.69, 9.17) is 9.97 Å². The van der Waals surface area contributed by atoms with Crippen LogP contribution in [-0.2, 0) is 19.4 Å². The highest BCUT2D eigenvalue weighted by atomic mass is 32.2. The zero-order valence-electron chi connectivity index (χ0n) is 20.7. The summed E-state index contributed by atoms with van der Waals surface area (Å²) < 4.78 is 0. The summed E-state index contributed by atoms with van der Waals surface area (Å²) in [6, 6.07) is 14.3. The second-order valence-electron chi connectivity index (χ2n) is 8.79. The van der Waals surface area contributed by atoms with E-state index in [0.29, 0.717) is 25.3 Å². The van der Waals surface area contributed by atoms with E-state index in [0.717, 1.165) is 50.6 Å². The fourth-order valence-electron chi connectivity index (χ4n) is 4.45. The third kappa shape index (κ3) is 4.95. The third-order valence-electron chi connectivity index (χ3n) is 6.43. The maximum atomic E-state index is 13.3. The number of benzene rings is 2. The van der Waals surface area contributed by atoms with Gasteiger partial charge in [-0.1, -0.05) is 31.2 Å². The maximum absolute atomic E-state index is 13.3. The van der Waals surface area contributed by atoms with Crippen molar-refractivity contribution < 1.29 is 4.79 Å². The van der Waals surface area contributed by atoms with Crippen molar-refractivity contribution in [2.45, 2.75) is 38.1 Å². The van der Waals surface area contributed by atoms with Crippen molar-refractivity contribution in [3.63, 3.8) is 0 Å². The second kappa shape index (κ2) is 10.5. The molecule has 2 amide bonds. The zero-order chi connectivity index (χ0) is 25.1. The number of amides is 2. The molecule has 0 saturated carbocycles. The van der Waals surface area contributed by atoms with Crippen LogP contribution in [0.5, 0.6) is 0 Å². The minimum Gasteiger partial charge on any atom is -0.320 e. The highest BCUT2D eigenvalue weighted by Crippen LogP contribution is 2.32. The molecule has 1 aliphatic heterocycles. The van der Waals surface area contributed by atoms with Gasteiger partial charge in [-0.3, -0.25) is 0 Å². The van der Waals surface area contributed by atoms with E-state index in [2.05, 4.69) is 47.3 Å². The molecule has 5 rings (SSSR count). The summed E-state index contributed by atoms with van der Waals surface area (Å²) in [5.41, 5.74) is 7.76. The molecule has 182 valence electrons. The number of rotatable bonds is 5. The fraction of sp³-hybridized carbons (Fsp3) is 0.250. The highest BCUT2D eigenvalue weighted by molar-refractivity contribution is 7.98. The monoisotopic (exact) mass is 496 g/mol. The standard InChI is InChI=1S/C28H28N6OS/c1-4-19-11-21(13-22(12-19)36-3)31-28(35)34-10-9-25-24(16-34)26(23-8-6-5-7-18(23)2)33-27(32-25)20-14-29-17-30-15-20/h5-8,11-15,17H,4,9-10,16H2,1-3H3,(H,31,35). The predicted octanol–water partition coefficient (Wildman–Crippen LogP) is 5.78. The molecule has 0 fully saturated rings. The van der Waals surface area contributed by atoms with Gasteiger partial charge in [0.2, 0.25) is 0 Å². The molecule has 0 spiro atoms. The molecule has 0 saturated heterocycles. The number of carbonyl (C=O) groups is 1. The Labute approximate surface area is 215 Å². The molecule has 0 aliphatic carbocycles. The Balaban J connectivity index is 1.49. The van der Waals surface area contributed by atoms with Crippen molar-refractivity contribution in [3.05, 3.63) is 83.6 Å². The van der Waals surface area contributed by atoms with E-state index in [1.54, 1.807) is 24.2 Å². The number of nitrogens with zero attached hydrogens (tertiary/aromatic N) is 5. The summed E-state index contributed by atoms with van der Waals surface area (Å²) >= 11 is 1.68. The third-order valence-corrected chi connectivity index (χ3v) is 7.14. The number of carbonyl (C=O) groups excluding carboxylic acids is 1. The van der Waals surface area contributed by atoms with Crippen LogP contribution < -0.4 is 5.32 Å². The van der Waals surface area contributed by atoms with Crippen LogP contribution in [0.25, 0.3) is 22.6 Å². The first kappa shape index (κ1) is 23.9. The van der Waals surface area contributed by atoms with Gasteiger partial charge in [0.05, 0.1) is 23.5 Å². The van der Waals surface area contributed by atoms with Gasteiger partial charge in [0.25, 0.3) is 0 Å². The van der Waals surface area contributed by atoms with Crippen LogP contribution in [0, 0.1) is 6.92 Å². The van der Waals surface area contributed by atoms with Gasteiger partial charge in [-0.05, 0) is 48.9 Å². The van der Waals surface area contributed by atoms with Crippen LogP contribution >= 0.6 is 11.8 Å². The van der Waals surface area contributed by atoms with Crippen LogP contribution in [0.4, 0.5) is 10.5 Å². The Hall–Kier alpha value is -3.78. The molecule has 7 nitrogen and oxygen atoms in total. The van der Waals surface area contributed by atoms with E-state index in [1.165, 1.54) is 11.9 Å². The molecule has 1 aliphatic rings. The first-order chi connectivity index (χ1) is 17.6. The van der Waals surface area contributed by atoms with Gasteiger partial charge in [-0.2, -0.15) is 0 Å². The number of aryl methyl sites for hydroxylation is 2. The van der Waals surface area contributed by atoms with Gasteiger partial charge in [0, 0.05) is 47.1 Å². The average Bonchev–Trinajstić information content (AvgIpc) is 2.92. The number of anilines is 1. The molecular formula is C28H28N6OS. The Morgan fingerprint density at radius 1 is 1.11 bits per heavy atom. The summed E-state index contributed by atoms with van der Waals surface area (Å²) in [7, 11) is 0. The summed E-state index contributed by atoms with van der Waals surface area (Å²) in [6.45, 7) is 5.22. The van der Waals surface area contributed by atoms with E-state index in [-0.39, 0.29) is 6.03 Å². The molecule has 2 aromatic heterocycles. The number of nitrogens with one attached hydrogen (secondary N) is 1. The van der Waals surface area contributed by atoms with E-state index in [9.17, 15) is 4.79 Å². The topological polar surface area (TPSA) is 83.9 Å². The Kier molecular flexibility index (Phi) is 6.95. The molecular weight excluding hydrogens is 468 g/mol. The first-order valence-corrected chi connectivity index (χ1v) is 13.2. The van der Waals surface area contributed by atoms with Gasteiger partial charge in [0.1, 0.15) is 6.33 Å². The van der Waals surface area contributed by atoms with E-state index < -0.39 is 0 Å². The first-order valence-electron chi connectivity index (χ1n) is 12.0. The summed E-state index contributed by atoms with van der Waals surface area (Å²) in [4.78, 5) is 34.4. The van der Waals surface area contributed by atoms with Crippen LogP contribution in [0.2, 0.25) is 0 Å². The average molecular weight is 497 g/mol. The van der Waals surface area contributed by atoms with Gasteiger partial charge in [-0.25, -0.2) is 24.7 Å². The molecule has 0 radical (unpaired) electrons. The Bertz CT molecular complexity index is 1390. The Morgan fingerprint density at radius 2 is 1.92 bits per heavy atom. The number of hydrogen-bond donors (Lipinski definition) is 1. The number of fused-ring (bicyclic) bond motifs is 1.